The fourth-order valence-corrected chi connectivity index (χ4v) is 6.87. The number of anilines is 2. The van der Waals surface area contributed by atoms with Gasteiger partial charge in [-0.15, -0.1) is 0 Å². The number of methoxy groups -OCH3 is 2. The van der Waals surface area contributed by atoms with E-state index >= 15 is 0 Å². The van der Waals surface area contributed by atoms with Crippen molar-refractivity contribution in [1.29, 1.82) is 0 Å². The zero-order chi connectivity index (χ0) is 27.6. The second-order valence-electron chi connectivity index (χ2n) is 10.6. The molecule has 7 heteroatoms. The molecule has 1 spiro atoms. The zero-order valence-electron chi connectivity index (χ0n) is 22.6. The number of hydrogen-bond acceptors (Lipinski definition) is 6. The van der Waals surface area contributed by atoms with Crippen LogP contribution in [0.15, 0.2) is 66.7 Å². The third-order valence-corrected chi connectivity index (χ3v) is 8.50. The lowest BCUT2D eigenvalue weighted by molar-refractivity contribution is -0.122. The van der Waals surface area contributed by atoms with Crippen LogP contribution in [0.2, 0.25) is 0 Å². The van der Waals surface area contributed by atoms with Gasteiger partial charge in [0.15, 0.2) is 11.6 Å². The van der Waals surface area contributed by atoms with E-state index in [1.807, 2.05) is 55.1 Å². The van der Waals surface area contributed by atoms with Crippen molar-refractivity contribution < 1.29 is 23.9 Å². The van der Waals surface area contributed by atoms with Gasteiger partial charge in [0.1, 0.15) is 16.9 Å². The highest BCUT2D eigenvalue weighted by molar-refractivity contribution is 6.17. The van der Waals surface area contributed by atoms with Crippen molar-refractivity contribution in [2.45, 2.75) is 38.3 Å². The first-order chi connectivity index (χ1) is 18.7. The zero-order valence-corrected chi connectivity index (χ0v) is 22.6. The Morgan fingerprint density at radius 3 is 2.46 bits per heavy atom. The van der Waals surface area contributed by atoms with Gasteiger partial charge in [-0.1, -0.05) is 35.9 Å². The van der Waals surface area contributed by atoms with Gasteiger partial charge in [-0.25, -0.2) is 0 Å². The van der Waals surface area contributed by atoms with Gasteiger partial charge >= 0.3 is 0 Å². The number of carbonyl (C=O) groups is 3. The van der Waals surface area contributed by atoms with Gasteiger partial charge in [0.2, 0.25) is 5.91 Å². The molecule has 3 aromatic carbocycles. The Labute approximate surface area is 227 Å². The number of Topliss-reactive ketones (excluding diaryl/α,β-unsaturated/α-hetero) is 2. The second kappa shape index (κ2) is 8.83. The Hall–Kier alpha value is -4.39. The normalized spacial score (nSPS) is 24.4. The topological polar surface area (TPSA) is 84.9 Å². The summed E-state index contributed by atoms with van der Waals surface area (Å²) >= 11 is 0. The van der Waals surface area contributed by atoms with Crippen molar-refractivity contribution in [3.63, 3.8) is 0 Å². The number of allylic oxidation sites excluding steroid dienone is 1. The smallest absolute Gasteiger partial charge is 0.238 e. The summed E-state index contributed by atoms with van der Waals surface area (Å²) < 4.78 is 11.0. The SMILES string of the molecule is COc1ccc(OC)c(C(=O)[C@@H]2[C@@H](C(C)=O)N3c4ccc(C)cc4C(C)=C[C@@H]3[C@@]23C(=O)Nc2ccccc23)c1. The molecule has 3 aliphatic rings. The summed E-state index contributed by atoms with van der Waals surface area (Å²) in [6.45, 7) is 5.54. The van der Waals surface area contributed by atoms with Crippen LogP contribution in [0.5, 0.6) is 11.5 Å². The molecule has 3 aromatic rings. The molecular formula is C32H30N2O5. The van der Waals surface area contributed by atoms with E-state index in [0.717, 1.165) is 22.4 Å². The van der Waals surface area contributed by atoms with E-state index in [9.17, 15) is 14.4 Å². The maximum atomic E-state index is 14.8. The number of para-hydroxylation sites is 1. The molecule has 1 N–H and O–H groups in total. The predicted molar refractivity (Wildman–Crippen MR) is 150 cm³/mol. The van der Waals surface area contributed by atoms with Crippen LogP contribution in [0.3, 0.4) is 0 Å². The summed E-state index contributed by atoms with van der Waals surface area (Å²) in [5, 5.41) is 3.04. The van der Waals surface area contributed by atoms with Crippen molar-refractivity contribution in [1.82, 2.24) is 0 Å². The molecule has 0 saturated carbocycles. The molecule has 1 amide bonds. The van der Waals surface area contributed by atoms with Crippen LogP contribution in [0.1, 0.15) is 40.9 Å². The maximum absolute atomic E-state index is 14.8. The summed E-state index contributed by atoms with van der Waals surface area (Å²) in [6.07, 6.45) is 2.05. The van der Waals surface area contributed by atoms with E-state index < -0.39 is 23.4 Å². The first-order valence-corrected chi connectivity index (χ1v) is 13.0. The molecule has 4 atom stereocenters. The summed E-state index contributed by atoms with van der Waals surface area (Å²) in [7, 11) is 3.02. The molecule has 7 nitrogen and oxygen atoms in total. The number of nitrogens with one attached hydrogen (secondary N) is 1. The lowest BCUT2D eigenvalue weighted by Gasteiger charge is -2.39. The van der Waals surface area contributed by atoms with E-state index in [1.165, 1.54) is 21.1 Å². The van der Waals surface area contributed by atoms with E-state index in [1.54, 1.807) is 18.2 Å². The maximum Gasteiger partial charge on any atom is 0.238 e. The minimum absolute atomic E-state index is 0.186. The largest absolute Gasteiger partial charge is 0.497 e. The Kier molecular flexibility index (Phi) is 5.64. The fourth-order valence-electron chi connectivity index (χ4n) is 6.87. The number of amides is 1. The highest BCUT2D eigenvalue weighted by Gasteiger charge is 2.70. The first kappa shape index (κ1) is 24.9. The lowest BCUT2D eigenvalue weighted by atomic mass is 9.64. The number of benzene rings is 3. The minimum atomic E-state index is -1.35. The lowest BCUT2D eigenvalue weighted by Crippen LogP contribution is -2.51. The average Bonchev–Trinajstić information content (AvgIpc) is 3.40. The fraction of sp³-hybridized carbons (Fsp3) is 0.281. The van der Waals surface area contributed by atoms with Crippen molar-refractivity contribution in [2.24, 2.45) is 5.92 Å². The second-order valence-corrected chi connectivity index (χ2v) is 10.6. The van der Waals surface area contributed by atoms with Crippen LogP contribution in [0.25, 0.3) is 5.57 Å². The highest BCUT2D eigenvalue weighted by atomic mass is 16.5. The average molecular weight is 523 g/mol. The number of ketones is 2. The molecule has 3 heterocycles. The van der Waals surface area contributed by atoms with Gasteiger partial charge in [0, 0.05) is 16.9 Å². The van der Waals surface area contributed by atoms with E-state index in [-0.39, 0.29) is 23.0 Å². The number of nitrogens with zero attached hydrogens (tertiary/aromatic N) is 1. The molecule has 39 heavy (non-hydrogen) atoms. The van der Waals surface area contributed by atoms with Crippen molar-refractivity contribution in [3.8, 4) is 11.5 Å². The predicted octanol–water partition coefficient (Wildman–Crippen LogP) is 4.96. The number of ether oxygens (including phenoxy) is 2. The number of hydrogen-bond donors (Lipinski definition) is 1. The van der Waals surface area contributed by atoms with Gasteiger partial charge < -0.3 is 19.7 Å². The van der Waals surface area contributed by atoms with Crippen molar-refractivity contribution in [2.75, 3.05) is 24.4 Å². The number of aryl methyl sites for hydroxylation is 1. The van der Waals surface area contributed by atoms with Crippen LogP contribution in [0, 0.1) is 12.8 Å². The van der Waals surface area contributed by atoms with Crippen LogP contribution in [-0.2, 0) is 15.0 Å². The third kappa shape index (κ3) is 3.32. The van der Waals surface area contributed by atoms with Crippen LogP contribution >= 0.6 is 0 Å². The molecule has 0 radical (unpaired) electrons. The summed E-state index contributed by atoms with van der Waals surface area (Å²) in [6, 6.07) is 17.1. The first-order valence-electron chi connectivity index (χ1n) is 13.0. The van der Waals surface area contributed by atoms with Crippen LogP contribution in [-0.4, -0.2) is 43.8 Å². The minimum Gasteiger partial charge on any atom is -0.497 e. The molecule has 1 saturated heterocycles. The summed E-state index contributed by atoms with van der Waals surface area (Å²) in [5.74, 6) is -1.00. The number of rotatable bonds is 5. The third-order valence-electron chi connectivity index (χ3n) is 8.50. The summed E-state index contributed by atoms with van der Waals surface area (Å²) in [5.41, 5.74) is 4.22. The molecule has 6 rings (SSSR count). The van der Waals surface area contributed by atoms with Crippen LogP contribution in [0.4, 0.5) is 11.4 Å². The monoisotopic (exact) mass is 522 g/mol. The standard InChI is InChI=1S/C32H30N2O5/c1-17-10-12-25-21(14-17)18(2)15-27-32(23-8-6-7-9-24(23)33-31(32)37)28(29(19(3)35)34(25)27)30(36)22-16-20(38-4)11-13-26(22)39-5/h6-16,27-29H,1-5H3,(H,33,37)/t27-,28+,29-,32-/m1/s1. The molecule has 198 valence electrons. The number of fused-ring (bicyclic) bond motifs is 6. The van der Waals surface area contributed by atoms with Gasteiger partial charge in [0.05, 0.1) is 37.8 Å². The number of carbonyl (C=O) groups excluding carboxylic acids is 3. The molecule has 3 aliphatic heterocycles. The molecule has 0 unspecified atom stereocenters. The van der Waals surface area contributed by atoms with E-state index in [2.05, 4.69) is 17.5 Å². The van der Waals surface area contributed by atoms with Crippen LogP contribution < -0.4 is 19.7 Å². The Morgan fingerprint density at radius 1 is 0.974 bits per heavy atom. The molecule has 0 bridgehead atoms. The molecular weight excluding hydrogens is 492 g/mol. The van der Waals surface area contributed by atoms with E-state index in [4.69, 9.17) is 9.47 Å². The van der Waals surface area contributed by atoms with Crippen molar-refractivity contribution in [3.05, 3.63) is 89.0 Å². The Balaban J connectivity index is 1.68. The van der Waals surface area contributed by atoms with Gasteiger partial charge in [-0.3, -0.25) is 14.4 Å². The summed E-state index contributed by atoms with van der Waals surface area (Å²) in [4.78, 5) is 44.7. The Morgan fingerprint density at radius 2 is 1.74 bits per heavy atom. The quantitative estimate of drug-likeness (QED) is 0.477. The van der Waals surface area contributed by atoms with Gasteiger partial charge in [-0.05, 0) is 68.3 Å². The molecule has 1 fully saturated rings. The van der Waals surface area contributed by atoms with E-state index in [0.29, 0.717) is 22.7 Å². The molecule has 0 aromatic heterocycles. The molecule has 0 aliphatic carbocycles. The van der Waals surface area contributed by atoms with Gasteiger partial charge in [0.25, 0.3) is 0 Å². The van der Waals surface area contributed by atoms with Gasteiger partial charge in [-0.2, -0.15) is 0 Å². The van der Waals surface area contributed by atoms with Crippen molar-refractivity contribution >= 4 is 34.4 Å². The highest BCUT2D eigenvalue weighted by Crippen LogP contribution is 2.58. The Bertz CT molecular complexity index is 1590.